The Labute approximate surface area is 219 Å². The molecule has 4 amide bonds. The summed E-state index contributed by atoms with van der Waals surface area (Å²) in [5.41, 5.74) is 12.9. The van der Waals surface area contributed by atoms with Crippen molar-refractivity contribution in [2.75, 3.05) is 25.1 Å². The molecular formula is C27H41N5O5. The lowest BCUT2D eigenvalue weighted by Gasteiger charge is -2.24. The SMILES string of the molecule is CN(Cc1ccc(N)cc1)C(=O)OC(C)(C)C.CN(Cc1ccc(NC(N)=O)cc1)C(=O)OC(C)(C)C. The molecule has 2 aromatic rings. The molecule has 0 aliphatic carbocycles. The van der Waals surface area contributed by atoms with Crippen LogP contribution in [0.25, 0.3) is 0 Å². The highest BCUT2D eigenvalue weighted by molar-refractivity contribution is 5.87. The van der Waals surface area contributed by atoms with E-state index in [0.29, 0.717) is 24.5 Å². The molecule has 0 unspecified atom stereocenters. The average Bonchev–Trinajstić information content (AvgIpc) is 2.74. The van der Waals surface area contributed by atoms with Crippen molar-refractivity contribution in [2.24, 2.45) is 5.73 Å². The van der Waals surface area contributed by atoms with Crippen LogP contribution in [0.15, 0.2) is 48.5 Å². The quantitative estimate of drug-likeness (QED) is 0.469. The number of amides is 4. The topological polar surface area (TPSA) is 140 Å². The lowest BCUT2D eigenvalue weighted by Crippen LogP contribution is -2.33. The van der Waals surface area contributed by atoms with Crippen LogP contribution in [-0.4, -0.2) is 53.3 Å². The molecule has 0 aliphatic heterocycles. The maximum atomic E-state index is 11.8. The molecule has 0 heterocycles. The molecule has 0 aliphatic rings. The van der Waals surface area contributed by atoms with E-state index in [9.17, 15) is 14.4 Å². The van der Waals surface area contributed by atoms with Crippen molar-refractivity contribution in [2.45, 2.75) is 65.8 Å². The van der Waals surface area contributed by atoms with E-state index in [2.05, 4.69) is 5.32 Å². The van der Waals surface area contributed by atoms with E-state index in [-0.39, 0.29) is 12.2 Å². The van der Waals surface area contributed by atoms with Gasteiger partial charge >= 0.3 is 18.2 Å². The first-order valence-corrected chi connectivity index (χ1v) is 11.8. The number of nitrogens with zero attached hydrogens (tertiary/aromatic N) is 2. The second-order valence-corrected chi connectivity index (χ2v) is 10.6. The fourth-order valence-electron chi connectivity index (χ4n) is 2.82. The Bertz CT molecular complexity index is 1030. The number of primary amides is 1. The van der Waals surface area contributed by atoms with E-state index in [1.54, 1.807) is 26.2 Å². The number of ether oxygens (including phenoxy) is 2. The summed E-state index contributed by atoms with van der Waals surface area (Å²) in [6, 6.07) is 13.9. The second-order valence-electron chi connectivity index (χ2n) is 10.6. The third-order valence-electron chi connectivity index (χ3n) is 4.45. The van der Waals surface area contributed by atoms with Gasteiger partial charge < -0.3 is 36.1 Å². The van der Waals surface area contributed by atoms with Crippen molar-refractivity contribution in [1.82, 2.24) is 9.80 Å². The van der Waals surface area contributed by atoms with Crippen LogP contribution in [0.5, 0.6) is 0 Å². The lowest BCUT2D eigenvalue weighted by atomic mass is 10.2. The number of urea groups is 1. The van der Waals surface area contributed by atoms with Crippen molar-refractivity contribution in [3.05, 3.63) is 59.7 Å². The predicted molar refractivity (Wildman–Crippen MR) is 146 cm³/mol. The Balaban J connectivity index is 0.000000375. The number of nitrogens with one attached hydrogen (secondary N) is 1. The van der Waals surface area contributed by atoms with Crippen molar-refractivity contribution in [1.29, 1.82) is 0 Å². The van der Waals surface area contributed by atoms with Gasteiger partial charge in [-0.15, -0.1) is 0 Å². The zero-order valence-corrected chi connectivity index (χ0v) is 23.1. The summed E-state index contributed by atoms with van der Waals surface area (Å²) in [7, 11) is 3.38. The summed E-state index contributed by atoms with van der Waals surface area (Å²) in [5, 5.41) is 2.47. The molecule has 5 N–H and O–H groups in total. The highest BCUT2D eigenvalue weighted by Crippen LogP contribution is 2.14. The minimum absolute atomic E-state index is 0.325. The van der Waals surface area contributed by atoms with E-state index < -0.39 is 17.2 Å². The molecule has 0 spiro atoms. The Morgan fingerprint density at radius 1 is 0.730 bits per heavy atom. The van der Waals surface area contributed by atoms with E-state index >= 15 is 0 Å². The van der Waals surface area contributed by atoms with E-state index in [1.165, 1.54) is 9.80 Å². The van der Waals surface area contributed by atoms with Gasteiger partial charge in [0.15, 0.2) is 0 Å². The summed E-state index contributed by atoms with van der Waals surface area (Å²) in [6.45, 7) is 11.9. The highest BCUT2D eigenvalue weighted by Gasteiger charge is 2.20. The fourth-order valence-corrected chi connectivity index (χ4v) is 2.82. The first-order valence-electron chi connectivity index (χ1n) is 11.8. The molecular weight excluding hydrogens is 474 g/mol. The van der Waals surface area contributed by atoms with Crippen LogP contribution in [0.1, 0.15) is 52.7 Å². The van der Waals surface area contributed by atoms with Gasteiger partial charge in [0.25, 0.3) is 0 Å². The number of nitrogens with two attached hydrogens (primary N) is 2. The van der Waals surface area contributed by atoms with E-state index in [0.717, 1.165) is 11.1 Å². The fraction of sp³-hybridized carbons (Fsp3) is 0.444. The van der Waals surface area contributed by atoms with Crippen LogP contribution in [0, 0.1) is 0 Å². The number of rotatable bonds is 5. The highest BCUT2D eigenvalue weighted by atomic mass is 16.6. The standard InChI is InChI=1S/C14H21N3O3.C13H20N2O2/c1-14(2,3)20-13(19)17(4)9-10-5-7-11(8-6-10)16-12(15)18;1-13(2,3)17-12(16)15(4)9-10-5-7-11(14)8-6-10/h5-8H,9H2,1-4H3,(H3,15,16,18);5-8H,9,14H2,1-4H3. The summed E-state index contributed by atoms with van der Waals surface area (Å²) >= 11 is 0. The summed E-state index contributed by atoms with van der Waals surface area (Å²) < 4.78 is 10.5. The van der Waals surface area contributed by atoms with Crippen LogP contribution >= 0.6 is 0 Å². The van der Waals surface area contributed by atoms with Gasteiger partial charge in [-0.1, -0.05) is 24.3 Å². The Morgan fingerprint density at radius 3 is 1.41 bits per heavy atom. The van der Waals surface area contributed by atoms with Gasteiger partial charge in [-0.2, -0.15) is 0 Å². The average molecular weight is 516 g/mol. The molecule has 0 fully saturated rings. The zero-order valence-electron chi connectivity index (χ0n) is 23.1. The summed E-state index contributed by atoms with van der Waals surface area (Å²) in [5.74, 6) is 0. The van der Waals surface area contributed by atoms with E-state index in [4.69, 9.17) is 20.9 Å². The number of carbonyl (C=O) groups is 3. The minimum Gasteiger partial charge on any atom is -0.444 e. The smallest absolute Gasteiger partial charge is 0.410 e. The first kappa shape index (κ1) is 31.1. The molecule has 0 saturated heterocycles. The van der Waals surface area contributed by atoms with Crippen LogP contribution in [0.2, 0.25) is 0 Å². The molecule has 0 bridgehead atoms. The number of anilines is 2. The molecule has 2 rings (SSSR count). The third-order valence-corrected chi connectivity index (χ3v) is 4.45. The number of carbonyl (C=O) groups excluding carboxylic acids is 3. The number of nitrogen functional groups attached to an aromatic ring is 1. The maximum Gasteiger partial charge on any atom is 0.410 e. The number of benzene rings is 2. The lowest BCUT2D eigenvalue weighted by molar-refractivity contribution is 0.0275. The van der Waals surface area contributed by atoms with Gasteiger partial charge in [0.1, 0.15) is 11.2 Å². The largest absolute Gasteiger partial charge is 0.444 e. The molecule has 0 aromatic heterocycles. The molecule has 37 heavy (non-hydrogen) atoms. The Kier molecular flexibility index (Phi) is 11.2. The first-order chi connectivity index (χ1) is 16.9. The molecule has 10 heteroatoms. The van der Waals surface area contributed by atoms with E-state index in [1.807, 2.05) is 77.9 Å². The summed E-state index contributed by atoms with van der Waals surface area (Å²) in [6.07, 6.45) is -0.703. The maximum absolute atomic E-state index is 11.8. The number of hydrogen-bond donors (Lipinski definition) is 3. The third kappa shape index (κ3) is 13.6. The minimum atomic E-state index is -0.608. The van der Waals surface area contributed by atoms with Crippen molar-refractivity contribution in [3.8, 4) is 0 Å². The molecule has 0 atom stereocenters. The van der Waals surface area contributed by atoms with Gasteiger partial charge in [0.2, 0.25) is 0 Å². The van der Waals surface area contributed by atoms with Crippen LogP contribution < -0.4 is 16.8 Å². The molecule has 0 saturated carbocycles. The Morgan fingerprint density at radius 2 is 1.08 bits per heavy atom. The summed E-state index contributed by atoms with van der Waals surface area (Å²) in [4.78, 5) is 37.2. The zero-order chi connectivity index (χ0) is 28.4. The van der Waals surface area contributed by atoms with Crippen molar-refractivity contribution < 1.29 is 23.9 Å². The second kappa shape index (κ2) is 13.4. The molecule has 2 aromatic carbocycles. The van der Waals surface area contributed by atoms with Gasteiger partial charge in [-0.25, -0.2) is 14.4 Å². The van der Waals surface area contributed by atoms with Gasteiger partial charge in [0, 0.05) is 38.6 Å². The number of hydrogen-bond acceptors (Lipinski definition) is 6. The van der Waals surface area contributed by atoms with Crippen LogP contribution in [-0.2, 0) is 22.6 Å². The van der Waals surface area contributed by atoms with Gasteiger partial charge in [0.05, 0.1) is 0 Å². The van der Waals surface area contributed by atoms with Crippen molar-refractivity contribution in [3.63, 3.8) is 0 Å². The Hall–Kier alpha value is -3.95. The predicted octanol–water partition coefficient (Wildman–Crippen LogP) is 5.18. The normalized spacial score (nSPS) is 10.9. The monoisotopic (exact) mass is 515 g/mol. The van der Waals surface area contributed by atoms with Gasteiger partial charge in [-0.05, 0) is 76.9 Å². The molecule has 10 nitrogen and oxygen atoms in total. The van der Waals surface area contributed by atoms with Gasteiger partial charge in [-0.3, -0.25) is 0 Å². The van der Waals surface area contributed by atoms with Crippen molar-refractivity contribution >= 4 is 29.6 Å². The van der Waals surface area contributed by atoms with Crippen LogP contribution in [0.4, 0.5) is 25.8 Å². The molecule has 204 valence electrons. The van der Waals surface area contributed by atoms with Crippen LogP contribution in [0.3, 0.4) is 0 Å². The molecule has 0 radical (unpaired) electrons.